The molecule has 2 saturated heterocycles. The number of aromatic nitrogens is 1. The molecule has 4 rings (SSSR count). The average molecular weight is 345 g/mol. The lowest BCUT2D eigenvalue weighted by molar-refractivity contribution is -0.129. The van der Waals surface area contributed by atoms with Crippen molar-refractivity contribution in [2.24, 2.45) is 5.92 Å². The van der Waals surface area contributed by atoms with Crippen molar-refractivity contribution in [1.29, 1.82) is 0 Å². The van der Waals surface area contributed by atoms with Gasteiger partial charge in [-0.05, 0) is 31.7 Å². The summed E-state index contributed by atoms with van der Waals surface area (Å²) in [5.74, 6) is 0.277. The van der Waals surface area contributed by atoms with Crippen LogP contribution >= 0.6 is 0 Å². The van der Waals surface area contributed by atoms with Crippen molar-refractivity contribution in [2.45, 2.75) is 43.9 Å². The summed E-state index contributed by atoms with van der Waals surface area (Å²) in [5, 5.41) is 3.11. The van der Waals surface area contributed by atoms with Crippen molar-refractivity contribution in [3.8, 4) is 5.75 Å². The molecule has 3 fully saturated rings. The number of nitrogens with zero attached hydrogens (tertiary/aromatic N) is 2. The van der Waals surface area contributed by atoms with E-state index < -0.39 is 0 Å². The Morgan fingerprint density at radius 1 is 1.36 bits per heavy atom. The Labute approximate surface area is 146 Å². The largest absolute Gasteiger partial charge is 0.494 e. The quantitative estimate of drug-likeness (QED) is 0.880. The number of carbonyl (C=O) groups excluding carboxylic acids is 2. The zero-order valence-electron chi connectivity index (χ0n) is 14.3. The predicted octanol–water partition coefficient (Wildman–Crippen LogP) is 0.988. The van der Waals surface area contributed by atoms with Crippen LogP contribution in [0.1, 0.15) is 36.0 Å². The van der Waals surface area contributed by atoms with Gasteiger partial charge in [-0.15, -0.1) is 0 Å². The van der Waals surface area contributed by atoms with Crippen molar-refractivity contribution < 1.29 is 19.1 Å². The second kappa shape index (κ2) is 6.63. The number of methoxy groups -OCH3 is 1. The molecule has 0 spiro atoms. The van der Waals surface area contributed by atoms with E-state index in [4.69, 9.17) is 9.47 Å². The summed E-state index contributed by atoms with van der Waals surface area (Å²) in [6.07, 6.45) is 6.83. The summed E-state index contributed by atoms with van der Waals surface area (Å²) >= 11 is 0. The molecule has 2 aliphatic heterocycles. The molecular weight excluding hydrogens is 322 g/mol. The van der Waals surface area contributed by atoms with E-state index >= 15 is 0 Å². The molecule has 1 N–H and O–H groups in total. The number of likely N-dealkylation sites (tertiary alicyclic amines) is 1. The number of ether oxygens (including phenoxy) is 2. The fourth-order valence-electron chi connectivity index (χ4n) is 3.85. The zero-order valence-corrected chi connectivity index (χ0v) is 14.3. The molecule has 7 heteroatoms. The highest BCUT2D eigenvalue weighted by molar-refractivity contribution is 5.97. The molecule has 0 radical (unpaired) electrons. The number of pyridine rings is 1. The summed E-state index contributed by atoms with van der Waals surface area (Å²) < 4.78 is 11.2. The van der Waals surface area contributed by atoms with Crippen LogP contribution in [0.5, 0.6) is 5.75 Å². The summed E-state index contributed by atoms with van der Waals surface area (Å²) in [5.41, 5.74) is 0.495. The first-order valence-corrected chi connectivity index (χ1v) is 8.89. The molecule has 1 aliphatic carbocycles. The van der Waals surface area contributed by atoms with E-state index in [0.717, 1.165) is 12.8 Å². The highest BCUT2D eigenvalue weighted by Gasteiger charge is 2.46. The second-order valence-electron chi connectivity index (χ2n) is 7.06. The fourth-order valence-corrected chi connectivity index (χ4v) is 3.85. The third-order valence-electron chi connectivity index (χ3n) is 5.47. The number of fused-ring (bicyclic) bond motifs is 2. The topological polar surface area (TPSA) is 80.8 Å². The molecule has 1 saturated carbocycles. The van der Waals surface area contributed by atoms with Crippen LogP contribution in [0.25, 0.3) is 0 Å². The van der Waals surface area contributed by atoms with Crippen LogP contribution in [0.15, 0.2) is 18.5 Å². The number of hydrogen-bond donors (Lipinski definition) is 1. The van der Waals surface area contributed by atoms with Crippen LogP contribution in [0.2, 0.25) is 0 Å². The van der Waals surface area contributed by atoms with Crippen LogP contribution in [0.4, 0.5) is 0 Å². The van der Waals surface area contributed by atoms with Crippen molar-refractivity contribution in [3.05, 3.63) is 24.0 Å². The van der Waals surface area contributed by atoms with E-state index in [0.29, 0.717) is 36.9 Å². The molecule has 2 bridgehead atoms. The highest BCUT2D eigenvalue weighted by atomic mass is 16.5. The van der Waals surface area contributed by atoms with Gasteiger partial charge in [0.2, 0.25) is 5.91 Å². The molecule has 3 atom stereocenters. The summed E-state index contributed by atoms with van der Waals surface area (Å²) in [7, 11) is 1.53. The normalized spacial score (nSPS) is 28.4. The first-order valence-electron chi connectivity index (χ1n) is 8.89. The summed E-state index contributed by atoms with van der Waals surface area (Å²) in [6.45, 7) is 0.942. The highest BCUT2D eigenvalue weighted by Crippen LogP contribution is 2.34. The third kappa shape index (κ3) is 3.08. The Hall–Kier alpha value is -2.15. The maximum atomic E-state index is 12.9. The second-order valence-corrected chi connectivity index (χ2v) is 7.06. The van der Waals surface area contributed by atoms with Gasteiger partial charge < -0.3 is 19.7 Å². The van der Waals surface area contributed by atoms with E-state index in [2.05, 4.69) is 10.3 Å². The lowest BCUT2D eigenvalue weighted by atomic mass is 9.91. The number of amides is 2. The molecule has 25 heavy (non-hydrogen) atoms. The molecule has 3 aliphatic rings. The summed E-state index contributed by atoms with van der Waals surface area (Å²) in [4.78, 5) is 31.1. The first kappa shape index (κ1) is 16.3. The molecule has 0 aromatic carbocycles. The molecule has 1 aromatic rings. The van der Waals surface area contributed by atoms with Gasteiger partial charge in [-0.2, -0.15) is 0 Å². The maximum absolute atomic E-state index is 12.9. The molecule has 3 heterocycles. The number of morpholine rings is 1. The fraction of sp³-hybridized carbons (Fsp3) is 0.611. The van der Waals surface area contributed by atoms with Gasteiger partial charge in [0.15, 0.2) is 0 Å². The van der Waals surface area contributed by atoms with Crippen molar-refractivity contribution in [3.63, 3.8) is 0 Å². The smallest absolute Gasteiger partial charge is 0.257 e. The minimum Gasteiger partial charge on any atom is -0.494 e. The van der Waals surface area contributed by atoms with Gasteiger partial charge in [0.25, 0.3) is 5.91 Å². The number of hydrogen-bond acceptors (Lipinski definition) is 5. The Balaban J connectivity index is 1.44. The van der Waals surface area contributed by atoms with Crippen molar-refractivity contribution in [2.75, 3.05) is 20.2 Å². The van der Waals surface area contributed by atoms with Gasteiger partial charge in [0, 0.05) is 25.3 Å². The van der Waals surface area contributed by atoms with Crippen LogP contribution in [-0.4, -0.2) is 60.1 Å². The molecule has 1 aromatic heterocycles. The predicted molar refractivity (Wildman–Crippen MR) is 89.2 cm³/mol. The standard InChI is InChI=1S/C18H23N3O4/c1-24-15-8-19-6-5-13(15)18(23)21-9-12-7-14(16(10-21)25-12)17(22)20-11-3-2-4-11/h5-6,8,11-12,14,16H,2-4,7,9-10H2,1H3,(H,20,22). The van der Waals surface area contributed by atoms with E-state index in [9.17, 15) is 9.59 Å². The molecule has 3 unspecified atom stereocenters. The first-order chi connectivity index (χ1) is 12.2. The van der Waals surface area contributed by atoms with Gasteiger partial charge in [-0.25, -0.2) is 0 Å². The van der Waals surface area contributed by atoms with E-state index in [1.807, 2.05) is 0 Å². The number of nitrogens with one attached hydrogen (secondary N) is 1. The van der Waals surface area contributed by atoms with Crippen LogP contribution < -0.4 is 10.1 Å². The van der Waals surface area contributed by atoms with Crippen LogP contribution in [-0.2, 0) is 9.53 Å². The SMILES string of the molecule is COc1cnccc1C(=O)N1CC2CC(C(=O)NC3CCC3)C(C1)O2. The Morgan fingerprint density at radius 3 is 2.92 bits per heavy atom. The van der Waals surface area contributed by atoms with Gasteiger partial charge in [-0.1, -0.05) is 0 Å². The zero-order chi connectivity index (χ0) is 17.4. The van der Waals surface area contributed by atoms with Crippen molar-refractivity contribution >= 4 is 11.8 Å². The van der Waals surface area contributed by atoms with Gasteiger partial charge in [-0.3, -0.25) is 14.6 Å². The van der Waals surface area contributed by atoms with E-state index in [-0.39, 0.29) is 29.9 Å². The van der Waals surface area contributed by atoms with Crippen LogP contribution in [0.3, 0.4) is 0 Å². The Morgan fingerprint density at radius 2 is 2.20 bits per heavy atom. The van der Waals surface area contributed by atoms with Gasteiger partial charge in [0.05, 0.1) is 37.0 Å². The van der Waals surface area contributed by atoms with Gasteiger partial charge in [0.1, 0.15) is 5.75 Å². The maximum Gasteiger partial charge on any atom is 0.257 e. The minimum atomic E-state index is -0.226. The van der Waals surface area contributed by atoms with E-state index in [1.165, 1.54) is 19.7 Å². The van der Waals surface area contributed by atoms with E-state index in [1.54, 1.807) is 17.2 Å². The number of rotatable bonds is 4. The lowest BCUT2D eigenvalue weighted by Crippen LogP contribution is -2.49. The molecule has 7 nitrogen and oxygen atoms in total. The monoisotopic (exact) mass is 345 g/mol. The molecule has 2 amide bonds. The number of carbonyl (C=O) groups is 2. The van der Waals surface area contributed by atoms with Gasteiger partial charge >= 0.3 is 0 Å². The molecule has 134 valence electrons. The van der Waals surface area contributed by atoms with Crippen molar-refractivity contribution in [1.82, 2.24) is 15.2 Å². The Kier molecular flexibility index (Phi) is 4.33. The minimum absolute atomic E-state index is 0.0762. The molecular formula is C18H23N3O4. The lowest BCUT2D eigenvalue weighted by Gasteiger charge is -2.33. The Bertz CT molecular complexity index is 676. The summed E-state index contributed by atoms with van der Waals surface area (Å²) in [6, 6.07) is 1.99. The third-order valence-corrected chi connectivity index (χ3v) is 5.47. The average Bonchev–Trinajstić information content (AvgIpc) is 2.91. The van der Waals surface area contributed by atoms with Crippen LogP contribution in [0, 0.1) is 5.92 Å².